The standard InChI is InChI=1S/C26H40N4O4/c1-17(2)16-20(28-24(33)34-26(7,8)9)23(32)30(15-14-27)21(22(31)29-25(4,5)6)19-13-11-10-12-18(19)3/h10-13,17,20-21H,15-16H2,1-9H3,(H,28,33)(H,29,31). The Morgan fingerprint density at radius 3 is 2.15 bits per heavy atom. The third-order valence-electron chi connectivity index (χ3n) is 4.76. The highest BCUT2D eigenvalue weighted by Crippen LogP contribution is 2.27. The van der Waals surface area contributed by atoms with E-state index >= 15 is 0 Å². The van der Waals surface area contributed by atoms with Gasteiger partial charge in [0.2, 0.25) is 11.8 Å². The number of benzene rings is 1. The van der Waals surface area contributed by atoms with Gasteiger partial charge in [-0.1, -0.05) is 38.1 Å². The molecule has 0 aliphatic carbocycles. The number of amides is 3. The summed E-state index contributed by atoms with van der Waals surface area (Å²) in [4.78, 5) is 41.0. The first kappa shape index (κ1) is 29.0. The van der Waals surface area contributed by atoms with Gasteiger partial charge in [0.1, 0.15) is 24.2 Å². The SMILES string of the molecule is Cc1ccccc1C(C(=O)NC(C)(C)C)N(CC#N)C(=O)C(CC(C)C)NC(=O)OC(C)(C)C. The van der Waals surface area contributed by atoms with Crippen molar-refractivity contribution in [3.05, 3.63) is 35.4 Å². The van der Waals surface area contributed by atoms with Gasteiger partial charge < -0.3 is 20.3 Å². The van der Waals surface area contributed by atoms with Crippen LogP contribution < -0.4 is 10.6 Å². The van der Waals surface area contributed by atoms with Crippen LogP contribution in [0.2, 0.25) is 0 Å². The maximum atomic E-state index is 13.8. The number of rotatable bonds is 8. The molecule has 0 heterocycles. The van der Waals surface area contributed by atoms with Crippen molar-refractivity contribution in [3.63, 3.8) is 0 Å². The van der Waals surface area contributed by atoms with Crippen LogP contribution in [0.3, 0.4) is 0 Å². The van der Waals surface area contributed by atoms with Gasteiger partial charge in [-0.3, -0.25) is 9.59 Å². The summed E-state index contributed by atoms with van der Waals surface area (Å²) in [5.74, 6) is -0.850. The van der Waals surface area contributed by atoms with Gasteiger partial charge in [-0.05, 0) is 71.9 Å². The summed E-state index contributed by atoms with van der Waals surface area (Å²) in [6.45, 7) is 16.1. The molecule has 8 nitrogen and oxygen atoms in total. The average Bonchev–Trinajstić information content (AvgIpc) is 2.64. The number of hydrogen-bond donors (Lipinski definition) is 2. The maximum Gasteiger partial charge on any atom is 0.408 e. The first-order valence-electron chi connectivity index (χ1n) is 11.6. The molecule has 1 aromatic rings. The molecular formula is C26H40N4O4. The van der Waals surface area contributed by atoms with Gasteiger partial charge in [0.05, 0.1) is 6.07 Å². The van der Waals surface area contributed by atoms with Gasteiger partial charge in [-0.25, -0.2) is 4.79 Å². The number of aryl methyl sites for hydroxylation is 1. The number of carbonyl (C=O) groups is 3. The molecule has 1 rings (SSSR count). The fourth-order valence-corrected chi connectivity index (χ4v) is 3.50. The summed E-state index contributed by atoms with van der Waals surface area (Å²) in [5.41, 5.74) is 0.144. The van der Waals surface area contributed by atoms with Gasteiger partial charge in [-0.15, -0.1) is 0 Å². The largest absolute Gasteiger partial charge is 0.444 e. The van der Waals surface area contributed by atoms with Crippen molar-refractivity contribution in [1.29, 1.82) is 5.26 Å². The van der Waals surface area contributed by atoms with Crippen LogP contribution in [-0.2, 0) is 14.3 Å². The third-order valence-corrected chi connectivity index (χ3v) is 4.76. The van der Waals surface area contributed by atoms with E-state index in [0.717, 1.165) is 5.56 Å². The first-order valence-corrected chi connectivity index (χ1v) is 11.6. The van der Waals surface area contributed by atoms with E-state index in [-0.39, 0.29) is 12.5 Å². The Morgan fingerprint density at radius 1 is 1.09 bits per heavy atom. The first-order chi connectivity index (χ1) is 15.6. The smallest absolute Gasteiger partial charge is 0.408 e. The summed E-state index contributed by atoms with van der Waals surface area (Å²) in [5, 5.41) is 15.2. The highest BCUT2D eigenvalue weighted by Gasteiger charge is 2.38. The van der Waals surface area contributed by atoms with E-state index in [4.69, 9.17) is 4.74 Å². The van der Waals surface area contributed by atoms with Gasteiger partial charge >= 0.3 is 6.09 Å². The Morgan fingerprint density at radius 2 is 1.68 bits per heavy atom. The molecule has 0 saturated carbocycles. The lowest BCUT2D eigenvalue weighted by atomic mass is 9.95. The molecule has 0 aromatic heterocycles. The third kappa shape index (κ3) is 9.42. The van der Waals surface area contributed by atoms with Crippen LogP contribution in [0.4, 0.5) is 4.79 Å². The van der Waals surface area contributed by atoms with Gasteiger partial charge in [0.15, 0.2) is 0 Å². The summed E-state index contributed by atoms with van der Waals surface area (Å²) in [6.07, 6.45) is -0.406. The Balaban J connectivity index is 3.49. The van der Waals surface area contributed by atoms with Crippen molar-refractivity contribution < 1.29 is 19.1 Å². The van der Waals surface area contributed by atoms with Crippen LogP contribution in [0.1, 0.15) is 79.0 Å². The summed E-state index contributed by atoms with van der Waals surface area (Å²) < 4.78 is 5.35. The molecule has 0 spiro atoms. The Kier molecular flexibility index (Phi) is 10.1. The van der Waals surface area contributed by atoms with E-state index in [2.05, 4.69) is 10.6 Å². The molecule has 188 valence electrons. The van der Waals surface area contributed by atoms with Gasteiger partial charge in [0.25, 0.3) is 0 Å². The second-order valence-electron chi connectivity index (χ2n) is 11.0. The van der Waals surface area contributed by atoms with Crippen molar-refractivity contribution in [3.8, 4) is 6.07 Å². The molecule has 2 atom stereocenters. The molecule has 0 aliphatic rings. The van der Waals surface area contributed by atoms with Crippen LogP contribution >= 0.6 is 0 Å². The fraction of sp³-hybridized carbons (Fsp3) is 0.615. The van der Waals surface area contributed by atoms with E-state index in [1.165, 1.54) is 4.90 Å². The minimum Gasteiger partial charge on any atom is -0.444 e. The zero-order valence-electron chi connectivity index (χ0n) is 22.0. The van der Waals surface area contributed by atoms with E-state index in [1.807, 2.05) is 59.7 Å². The Bertz CT molecular complexity index is 907. The predicted octanol–water partition coefficient (Wildman–Crippen LogP) is 4.24. The van der Waals surface area contributed by atoms with Crippen molar-refractivity contribution >= 4 is 17.9 Å². The average molecular weight is 473 g/mol. The van der Waals surface area contributed by atoms with E-state index in [1.54, 1.807) is 32.9 Å². The summed E-state index contributed by atoms with van der Waals surface area (Å²) >= 11 is 0. The molecule has 34 heavy (non-hydrogen) atoms. The van der Waals surface area contributed by atoms with E-state index in [0.29, 0.717) is 12.0 Å². The molecular weight excluding hydrogens is 432 g/mol. The highest BCUT2D eigenvalue weighted by atomic mass is 16.6. The minimum absolute atomic E-state index is 0.0631. The van der Waals surface area contributed by atoms with Crippen LogP contribution in [-0.4, -0.2) is 46.5 Å². The number of nitrogens with one attached hydrogen (secondary N) is 2. The molecule has 0 radical (unpaired) electrons. The van der Waals surface area contributed by atoms with Crippen molar-refractivity contribution in [2.75, 3.05) is 6.54 Å². The zero-order chi connectivity index (χ0) is 26.3. The van der Waals surface area contributed by atoms with E-state index in [9.17, 15) is 19.6 Å². The normalized spacial score (nSPS) is 13.4. The molecule has 8 heteroatoms. The quantitative estimate of drug-likeness (QED) is 0.550. The molecule has 0 aliphatic heterocycles. The van der Waals surface area contributed by atoms with Crippen LogP contribution in [0.15, 0.2) is 24.3 Å². The Labute approximate surface area is 204 Å². The Hall–Kier alpha value is -3.08. The van der Waals surface area contributed by atoms with Crippen molar-refractivity contribution in [1.82, 2.24) is 15.5 Å². The van der Waals surface area contributed by atoms with Gasteiger partial charge in [0, 0.05) is 5.54 Å². The van der Waals surface area contributed by atoms with Crippen molar-refractivity contribution in [2.24, 2.45) is 5.92 Å². The lowest BCUT2D eigenvalue weighted by Crippen LogP contribution is -2.55. The van der Waals surface area contributed by atoms with Crippen LogP contribution in [0.5, 0.6) is 0 Å². The number of nitrogens with zero attached hydrogens (tertiary/aromatic N) is 2. The molecule has 0 fully saturated rings. The molecule has 1 aromatic carbocycles. The predicted molar refractivity (Wildman–Crippen MR) is 132 cm³/mol. The molecule has 0 bridgehead atoms. The molecule has 2 N–H and O–H groups in total. The minimum atomic E-state index is -1.04. The molecule has 3 amide bonds. The summed E-state index contributed by atoms with van der Waals surface area (Å²) in [7, 11) is 0. The van der Waals surface area contributed by atoms with Crippen LogP contribution in [0.25, 0.3) is 0 Å². The monoisotopic (exact) mass is 472 g/mol. The second-order valence-corrected chi connectivity index (χ2v) is 11.0. The highest BCUT2D eigenvalue weighted by molar-refractivity contribution is 5.92. The number of hydrogen-bond acceptors (Lipinski definition) is 5. The number of carbonyl (C=O) groups excluding carboxylic acids is 3. The second kappa shape index (κ2) is 11.9. The zero-order valence-corrected chi connectivity index (χ0v) is 22.0. The lowest BCUT2D eigenvalue weighted by molar-refractivity contribution is -0.142. The maximum absolute atomic E-state index is 13.8. The van der Waals surface area contributed by atoms with E-state index < -0.39 is 41.1 Å². The molecule has 2 unspecified atom stereocenters. The van der Waals surface area contributed by atoms with Crippen LogP contribution in [0, 0.1) is 24.2 Å². The number of ether oxygens (including phenoxy) is 1. The number of alkyl carbamates (subject to hydrolysis) is 1. The number of nitriles is 1. The van der Waals surface area contributed by atoms with Crippen molar-refractivity contribution in [2.45, 2.75) is 92.0 Å². The summed E-state index contributed by atoms with van der Waals surface area (Å²) in [6, 6.07) is 7.28. The topological polar surface area (TPSA) is 112 Å². The fourth-order valence-electron chi connectivity index (χ4n) is 3.50. The van der Waals surface area contributed by atoms with Gasteiger partial charge in [-0.2, -0.15) is 5.26 Å². The lowest BCUT2D eigenvalue weighted by Gasteiger charge is -2.35. The molecule has 0 saturated heterocycles.